The number of H-pyrrole nitrogens is 1. The van der Waals surface area contributed by atoms with E-state index in [0.29, 0.717) is 5.56 Å². The van der Waals surface area contributed by atoms with Crippen molar-refractivity contribution < 1.29 is 24.2 Å². The molecule has 0 atom stereocenters. The number of ether oxygens (including phenoxy) is 1. The van der Waals surface area contributed by atoms with Crippen molar-refractivity contribution in [3.63, 3.8) is 0 Å². The molecule has 21 heavy (non-hydrogen) atoms. The Morgan fingerprint density at radius 3 is 2.76 bits per heavy atom. The van der Waals surface area contributed by atoms with Crippen molar-refractivity contribution >= 4 is 34.9 Å². The number of carbonyl (C=O) groups is 3. The van der Waals surface area contributed by atoms with Crippen LogP contribution in [0.5, 0.6) is 0 Å². The average Bonchev–Trinajstić information content (AvgIpc) is 3.06. The van der Waals surface area contributed by atoms with Gasteiger partial charge in [-0.3, -0.25) is 4.79 Å². The molecule has 2 heterocycles. The first-order chi connectivity index (χ1) is 9.95. The number of carbonyl (C=O) groups excluding carboxylic acids is 2. The predicted molar refractivity (Wildman–Crippen MR) is 73.9 cm³/mol. The molecule has 0 spiro atoms. The zero-order chi connectivity index (χ0) is 15.6. The Bertz CT molecular complexity index is 718. The number of nitrogens with one attached hydrogen (secondary N) is 2. The molecule has 1 amide bonds. The van der Waals surface area contributed by atoms with Crippen molar-refractivity contribution in [2.75, 3.05) is 12.4 Å². The Morgan fingerprint density at radius 2 is 2.14 bits per heavy atom. The van der Waals surface area contributed by atoms with E-state index < -0.39 is 17.8 Å². The van der Waals surface area contributed by atoms with Crippen LogP contribution in [0.15, 0.2) is 11.7 Å². The molecule has 0 aliphatic heterocycles. The van der Waals surface area contributed by atoms with Crippen molar-refractivity contribution in [1.82, 2.24) is 9.97 Å². The minimum atomic E-state index is -1.30. The third-order valence-corrected chi connectivity index (χ3v) is 3.73. The molecule has 0 aliphatic rings. The summed E-state index contributed by atoms with van der Waals surface area (Å²) >= 11 is 1.12. The van der Waals surface area contributed by atoms with Crippen molar-refractivity contribution in [3.8, 4) is 0 Å². The van der Waals surface area contributed by atoms with Crippen molar-refractivity contribution in [2.24, 2.45) is 0 Å². The maximum Gasteiger partial charge on any atom is 0.354 e. The summed E-state index contributed by atoms with van der Waals surface area (Å²) < 4.78 is 4.63. The van der Waals surface area contributed by atoms with Crippen LogP contribution in [-0.2, 0) is 4.74 Å². The zero-order valence-corrected chi connectivity index (χ0v) is 11.9. The highest BCUT2D eigenvalue weighted by Gasteiger charge is 2.23. The van der Waals surface area contributed by atoms with E-state index in [4.69, 9.17) is 5.11 Å². The standard InChI is InChI=1S/C12H11N3O5S/c1-5-3-21-9(12(19)20-2)6(5)15-10(16)7-8(11(17)18)14-4-13-7/h3-4H,1-2H3,(H,13,14)(H,15,16)(H,17,18). The molecule has 0 radical (unpaired) electrons. The summed E-state index contributed by atoms with van der Waals surface area (Å²) in [6.45, 7) is 1.71. The average molecular weight is 309 g/mol. The number of aromatic carboxylic acids is 1. The number of aryl methyl sites for hydroxylation is 1. The number of hydrogen-bond donors (Lipinski definition) is 3. The number of esters is 1. The van der Waals surface area contributed by atoms with Crippen LogP contribution in [0.2, 0.25) is 0 Å². The van der Waals surface area contributed by atoms with E-state index in [9.17, 15) is 14.4 Å². The van der Waals surface area contributed by atoms with Crippen LogP contribution in [-0.4, -0.2) is 40.0 Å². The number of aromatic amines is 1. The lowest BCUT2D eigenvalue weighted by atomic mass is 10.2. The van der Waals surface area contributed by atoms with Crippen LogP contribution in [0.25, 0.3) is 0 Å². The number of nitrogens with zero attached hydrogens (tertiary/aromatic N) is 1. The van der Waals surface area contributed by atoms with Gasteiger partial charge in [0.15, 0.2) is 11.4 Å². The molecular weight excluding hydrogens is 298 g/mol. The molecule has 8 nitrogen and oxygen atoms in total. The van der Waals surface area contributed by atoms with Crippen molar-refractivity contribution in [3.05, 3.63) is 33.5 Å². The molecule has 110 valence electrons. The second-order valence-electron chi connectivity index (χ2n) is 4.00. The number of carboxylic acid groups (broad SMARTS) is 1. The van der Waals surface area contributed by atoms with E-state index in [0.717, 1.165) is 17.7 Å². The smallest absolute Gasteiger partial charge is 0.354 e. The Labute approximate surface area is 122 Å². The van der Waals surface area contributed by atoms with Gasteiger partial charge in [-0.1, -0.05) is 0 Å². The van der Waals surface area contributed by atoms with E-state index >= 15 is 0 Å². The SMILES string of the molecule is COC(=O)c1scc(C)c1NC(=O)c1nc[nH]c1C(=O)O. The fraction of sp³-hybridized carbons (Fsp3) is 0.167. The Kier molecular flexibility index (Phi) is 4.03. The molecule has 0 aliphatic carbocycles. The highest BCUT2D eigenvalue weighted by atomic mass is 32.1. The van der Waals surface area contributed by atoms with Gasteiger partial charge in [-0.25, -0.2) is 14.6 Å². The first kappa shape index (κ1) is 14.7. The van der Waals surface area contributed by atoms with Gasteiger partial charge in [0.05, 0.1) is 19.1 Å². The first-order valence-corrected chi connectivity index (χ1v) is 6.58. The number of amides is 1. The largest absolute Gasteiger partial charge is 0.477 e. The molecule has 0 unspecified atom stereocenters. The second kappa shape index (κ2) is 5.75. The molecule has 2 rings (SSSR count). The minimum absolute atomic E-state index is 0.232. The predicted octanol–water partition coefficient (Wildman–Crippen LogP) is 1.52. The molecule has 2 aromatic rings. The normalized spacial score (nSPS) is 10.2. The Balaban J connectivity index is 2.32. The Hall–Kier alpha value is -2.68. The number of thiophene rings is 1. The molecule has 0 saturated heterocycles. The Morgan fingerprint density at radius 1 is 1.43 bits per heavy atom. The van der Waals surface area contributed by atoms with E-state index in [1.165, 1.54) is 7.11 Å². The fourth-order valence-corrected chi connectivity index (χ4v) is 2.57. The second-order valence-corrected chi connectivity index (χ2v) is 4.88. The van der Waals surface area contributed by atoms with Gasteiger partial charge in [0.2, 0.25) is 0 Å². The number of rotatable bonds is 4. The quantitative estimate of drug-likeness (QED) is 0.736. The van der Waals surface area contributed by atoms with Crippen molar-refractivity contribution in [2.45, 2.75) is 6.92 Å². The van der Waals surface area contributed by atoms with E-state index in [1.807, 2.05) is 0 Å². The zero-order valence-electron chi connectivity index (χ0n) is 11.1. The lowest BCUT2D eigenvalue weighted by molar-refractivity contribution is 0.0606. The minimum Gasteiger partial charge on any atom is -0.477 e. The summed E-state index contributed by atoms with van der Waals surface area (Å²) in [5.41, 5.74) is 0.376. The molecule has 9 heteroatoms. The molecule has 3 N–H and O–H groups in total. The van der Waals surface area contributed by atoms with Gasteiger partial charge >= 0.3 is 11.9 Å². The van der Waals surface area contributed by atoms with E-state index in [1.54, 1.807) is 12.3 Å². The van der Waals surface area contributed by atoms with Gasteiger partial charge in [-0.05, 0) is 17.9 Å². The molecular formula is C12H11N3O5S. The number of imidazole rings is 1. The third kappa shape index (κ3) is 2.77. The number of hydrogen-bond acceptors (Lipinski definition) is 6. The summed E-state index contributed by atoms with van der Waals surface area (Å²) in [6.07, 6.45) is 1.11. The van der Waals surface area contributed by atoms with Crippen molar-refractivity contribution in [1.29, 1.82) is 0 Å². The summed E-state index contributed by atoms with van der Waals surface area (Å²) in [5.74, 6) is -2.60. The summed E-state index contributed by atoms with van der Waals surface area (Å²) in [7, 11) is 1.24. The number of anilines is 1. The molecule has 0 aromatic carbocycles. The molecule has 0 saturated carbocycles. The van der Waals surface area contributed by atoms with Gasteiger partial charge in [-0.2, -0.15) is 0 Å². The maximum absolute atomic E-state index is 12.1. The van der Waals surface area contributed by atoms with Crippen LogP contribution in [0.4, 0.5) is 5.69 Å². The highest BCUT2D eigenvalue weighted by Crippen LogP contribution is 2.28. The van der Waals surface area contributed by atoms with E-state index in [-0.39, 0.29) is 22.0 Å². The third-order valence-electron chi connectivity index (χ3n) is 2.65. The summed E-state index contributed by atoms with van der Waals surface area (Å²) in [5, 5.41) is 13.1. The first-order valence-electron chi connectivity index (χ1n) is 5.70. The number of methoxy groups -OCH3 is 1. The molecule has 0 bridgehead atoms. The van der Waals surface area contributed by atoms with Gasteiger partial charge < -0.3 is 20.1 Å². The van der Waals surface area contributed by atoms with Gasteiger partial charge in [-0.15, -0.1) is 11.3 Å². The fourth-order valence-electron chi connectivity index (χ4n) is 1.64. The lowest BCUT2D eigenvalue weighted by Gasteiger charge is -2.06. The van der Waals surface area contributed by atoms with Gasteiger partial charge in [0.1, 0.15) is 4.88 Å². The van der Waals surface area contributed by atoms with Crippen LogP contribution >= 0.6 is 11.3 Å². The van der Waals surface area contributed by atoms with Gasteiger partial charge in [0, 0.05) is 0 Å². The molecule has 0 fully saturated rings. The van der Waals surface area contributed by atoms with Gasteiger partial charge in [0.25, 0.3) is 5.91 Å². The maximum atomic E-state index is 12.1. The highest BCUT2D eigenvalue weighted by molar-refractivity contribution is 7.12. The van der Waals surface area contributed by atoms with Crippen LogP contribution in [0, 0.1) is 6.92 Å². The van der Waals surface area contributed by atoms with Crippen LogP contribution < -0.4 is 5.32 Å². The summed E-state index contributed by atoms with van der Waals surface area (Å²) in [6, 6.07) is 0. The topological polar surface area (TPSA) is 121 Å². The lowest BCUT2D eigenvalue weighted by Crippen LogP contribution is -2.18. The molecule has 2 aromatic heterocycles. The van der Waals surface area contributed by atoms with Crippen LogP contribution in [0.3, 0.4) is 0 Å². The number of carboxylic acids is 1. The van der Waals surface area contributed by atoms with Crippen LogP contribution in [0.1, 0.15) is 36.2 Å². The number of aromatic nitrogens is 2. The summed E-state index contributed by atoms with van der Waals surface area (Å²) in [4.78, 5) is 41.0. The monoisotopic (exact) mass is 309 g/mol. The van der Waals surface area contributed by atoms with E-state index in [2.05, 4.69) is 20.0 Å².